The summed E-state index contributed by atoms with van der Waals surface area (Å²) >= 11 is 0. The summed E-state index contributed by atoms with van der Waals surface area (Å²) in [5.41, 5.74) is 6.26. The van der Waals surface area contributed by atoms with E-state index in [1.807, 2.05) is 0 Å². The first-order valence-corrected chi connectivity index (χ1v) is 5.67. The van der Waals surface area contributed by atoms with Gasteiger partial charge in [-0.25, -0.2) is 0 Å². The van der Waals surface area contributed by atoms with E-state index < -0.39 is 0 Å². The van der Waals surface area contributed by atoms with Crippen LogP contribution in [-0.2, 0) is 4.74 Å². The van der Waals surface area contributed by atoms with Gasteiger partial charge in [0.2, 0.25) is 0 Å². The van der Waals surface area contributed by atoms with Crippen molar-refractivity contribution in [2.75, 3.05) is 13.2 Å². The Kier molecular flexibility index (Phi) is 6.38. The molecule has 2 heteroatoms. The fourth-order valence-corrected chi connectivity index (χ4v) is 1.16. The molecule has 2 nitrogen and oxygen atoms in total. The Morgan fingerprint density at radius 1 is 1.21 bits per heavy atom. The maximum Gasteiger partial charge on any atom is 0.0488 e. The molecule has 0 aromatic carbocycles. The molecule has 0 radical (unpaired) electrons. The molecule has 0 spiro atoms. The summed E-state index contributed by atoms with van der Waals surface area (Å²) in [6, 6.07) is 0.283. The molecule has 86 valence electrons. The third kappa shape index (κ3) is 7.34. The topological polar surface area (TPSA) is 35.2 Å². The molecule has 0 aliphatic heterocycles. The first-order valence-electron chi connectivity index (χ1n) is 5.67. The van der Waals surface area contributed by atoms with Gasteiger partial charge in [0.1, 0.15) is 0 Å². The number of hydrogen-bond acceptors (Lipinski definition) is 2. The molecule has 14 heavy (non-hydrogen) atoms. The fourth-order valence-electron chi connectivity index (χ4n) is 1.16. The monoisotopic (exact) mass is 201 g/mol. The third-order valence-electron chi connectivity index (χ3n) is 2.37. The Hall–Kier alpha value is -0.0800. The third-order valence-corrected chi connectivity index (χ3v) is 2.37. The van der Waals surface area contributed by atoms with Gasteiger partial charge in [0, 0.05) is 19.3 Å². The second-order valence-corrected chi connectivity index (χ2v) is 5.58. The molecule has 0 fully saturated rings. The van der Waals surface area contributed by atoms with Crippen LogP contribution in [0.25, 0.3) is 0 Å². The fraction of sp³-hybridized carbons (Fsp3) is 1.00. The van der Waals surface area contributed by atoms with Crippen LogP contribution in [0.2, 0.25) is 0 Å². The van der Waals surface area contributed by atoms with E-state index in [1.165, 1.54) is 0 Å². The average Bonchev–Trinajstić information content (AvgIpc) is 2.01. The lowest BCUT2D eigenvalue weighted by Crippen LogP contribution is -2.35. The SMILES string of the molecule is CC(C)COCCCC(N)C(C)(C)C. The van der Waals surface area contributed by atoms with E-state index in [9.17, 15) is 0 Å². The van der Waals surface area contributed by atoms with Crippen LogP contribution in [0.1, 0.15) is 47.5 Å². The van der Waals surface area contributed by atoms with E-state index in [4.69, 9.17) is 10.5 Å². The maximum absolute atomic E-state index is 6.04. The van der Waals surface area contributed by atoms with Crippen LogP contribution in [0, 0.1) is 11.3 Å². The highest BCUT2D eigenvalue weighted by molar-refractivity contribution is 4.76. The minimum atomic E-state index is 0.220. The minimum absolute atomic E-state index is 0.220. The molecule has 1 atom stereocenters. The first-order chi connectivity index (χ1) is 6.34. The van der Waals surface area contributed by atoms with Gasteiger partial charge in [0.15, 0.2) is 0 Å². The van der Waals surface area contributed by atoms with Crippen LogP contribution in [-0.4, -0.2) is 19.3 Å². The van der Waals surface area contributed by atoms with Gasteiger partial charge < -0.3 is 10.5 Å². The van der Waals surface area contributed by atoms with Gasteiger partial charge in [0.05, 0.1) is 0 Å². The molecule has 0 saturated heterocycles. The highest BCUT2D eigenvalue weighted by Gasteiger charge is 2.19. The smallest absolute Gasteiger partial charge is 0.0488 e. The van der Waals surface area contributed by atoms with E-state index in [-0.39, 0.29) is 11.5 Å². The van der Waals surface area contributed by atoms with E-state index in [1.54, 1.807) is 0 Å². The molecule has 0 aliphatic rings. The van der Waals surface area contributed by atoms with Gasteiger partial charge in [-0.3, -0.25) is 0 Å². The van der Waals surface area contributed by atoms with E-state index in [2.05, 4.69) is 34.6 Å². The first kappa shape index (κ1) is 13.9. The summed E-state index contributed by atoms with van der Waals surface area (Å²) < 4.78 is 5.50. The van der Waals surface area contributed by atoms with Crippen LogP contribution in [0.5, 0.6) is 0 Å². The standard InChI is InChI=1S/C12H27NO/c1-10(2)9-14-8-6-7-11(13)12(3,4)5/h10-11H,6-9,13H2,1-5H3. The summed E-state index contributed by atoms with van der Waals surface area (Å²) in [7, 11) is 0. The van der Waals surface area contributed by atoms with Crippen molar-refractivity contribution in [3.05, 3.63) is 0 Å². The van der Waals surface area contributed by atoms with Crippen molar-refractivity contribution in [3.63, 3.8) is 0 Å². The van der Waals surface area contributed by atoms with Crippen molar-refractivity contribution in [3.8, 4) is 0 Å². The van der Waals surface area contributed by atoms with E-state index >= 15 is 0 Å². The summed E-state index contributed by atoms with van der Waals surface area (Å²) in [5, 5.41) is 0. The molecule has 0 aromatic heterocycles. The number of hydrogen-bond donors (Lipinski definition) is 1. The van der Waals surface area contributed by atoms with Crippen molar-refractivity contribution < 1.29 is 4.74 Å². The van der Waals surface area contributed by atoms with Crippen molar-refractivity contribution in [2.45, 2.75) is 53.5 Å². The second kappa shape index (κ2) is 6.41. The highest BCUT2D eigenvalue weighted by Crippen LogP contribution is 2.20. The van der Waals surface area contributed by atoms with Crippen LogP contribution in [0.3, 0.4) is 0 Å². The molecule has 0 heterocycles. The number of rotatable bonds is 6. The van der Waals surface area contributed by atoms with Crippen LogP contribution < -0.4 is 5.73 Å². The lowest BCUT2D eigenvalue weighted by atomic mass is 9.85. The Labute approximate surface area is 89.2 Å². The van der Waals surface area contributed by atoms with Crippen molar-refractivity contribution >= 4 is 0 Å². The van der Waals surface area contributed by atoms with Gasteiger partial charge in [-0.05, 0) is 24.2 Å². The molecule has 2 N–H and O–H groups in total. The van der Waals surface area contributed by atoms with Crippen molar-refractivity contribution in [1.29, 1.82) is 0 Å². The molecule has 0 amide bonds. The summed E-state index contributed by atoms with van der Waals surface area (Å²) in [6.45, 7) is 12.6. The lowest BCUT2D eigenvalue weighted by molar-refractivity contribution is 0.103. The maximum atomic E-state index is 6.04. The summed E-state index contributed by atoms with van der Waals surface area (Å²) in [5.74, 6) is 0.631. The minimum Gasteiger partial charge on any atom is -0.381 e. The zero-order chi connectivity index (χ0) is 11.2. The highest BCUT2D eigenvalue weighted by atomic mass is 16.5. The molecule has 0 aromatic rings. The molecule has 0 bridgehead atoms. The van der Waals surface area contributed by atoms with Crippen LogP contribution in [0.15, 0.2) is 0 Å². The van der Waals surface area contributed by atoms with Crippen molar-refractivity contribution in [2.24, 2.45) is 17.1 Å². The Morgan fingerprint density at radius 3 is 2.21 bits per heavy atom. The number of nitrogens with two attached hydrogens (primary N) is 1. The molecule has 0 rings (SSSR count). The summed E-state index contributed by atoms with van der Waals surface area (Å²) in [4.78, 5) is 0. The van der Waals surface area contributed by atoms with Gasteiger partial charge in [-0.15, -0.1) is 0 Å². The Morgan fingerprint density at radius 2 is 1.79 bits per heavy atom. The van der Waals surface area contributed by atoms with Gasteiger partial charge >= 0.3 is 0 Å². The number of ether oxygens (including phenoxy) is 1. The second-order valence-electron chi connectivity index (χ2n) is 5.58. The molecule has 0 aliphatic carbocycles. The van der Waals surface area contributed by atoms with Gasteiger partial charge in [0.25, 0.3) is 0 Å². The van der Waals surface area contributed by atoms with E-state index in [0.29, 0.717) is 5.92 Å². The predicted molar refractivity (Wildman–Crippen MR) is 62.3 cm³/mol. The largest absolute Gasteiger partial charge is 0.381 e. The molecule has 1 unspecified atom stereocenters. The zero-order valence-electron chi connectivity index (χ0n) is 10.5. The normalized spacial score (nSPS) is 14.8. The van der Waals surface area contributed by atoms with E-state index in [0.717, 1.165) is 26.1 Å². The Bertz CT molecular complexity index is 138. The zero-order valence-corrected chi connectivity index (χ0v) is 10.5. The molecule has 0 saturated carbocycles. The molecular weight excluding hydrogens is 174 g/mol. The van der Waals surface area contributed by atoms with Crippen molar-refractivity contribution in [1.82, 2.24) is 0 Å². The quantitative estimate of drug-likeness (QED) is 0.671. The predicted octanol–water partition coefficient (Wildman–Crippen LogP) is 2.81. The lowest BCUT2D eigenvalue weighted by Gasteiger charge is -2.26. The van der Waals surface area contributed by atoms with Gasteiger partial charge in [-0.1, -0.05) is 34.6 Å². The van der Waals surface area contributed by atoms with Gasteiger partial charge in [-0.2, -0.15) is 0 Å². The molecular formula is C12H27NO. The Balaban J connectivity index is 3.37. The average molecular weight is 201 g/mol. The van der Waals surface area contributed by atoms with Crippen LogP contribution in [0.4, 0.5) is 0 Å². The summed E-state index contributed by atoms with van der Waals surface area (Å²) in [6.07, 6.45) is 2.13. The van der Waals surface area contributed by atoms with Crippen LogP contribution >= 0.6 is 0 Å².